The van der Waals surface area contributed by atoms with Gasteiger partial charge in [-0.2, -0.15) is 0 Å². The van der Waals surface area contributed by atoms with Crippen molar-refractivity contribution < 1.29 is 9.53 Å². The lowest BCUT2D eigenvalue weighted by Gasteiger charge is -2.33. The van der Waals surface area contributed by atoms with Crippen LogP contribution in [0.5, 0.6) is 0 Å². The predicted octanol–water partition coefficient (Wildman–Crippen LogP) is 3.80. The van der Waals surface area contributed by atoms with E-state index in [2.05, 4.69) is 12.2 Å². The van der Waals surface area contributed by atoms with Crippen molar-refractivity contribution in [1.29, 1.82) is 0 Å². The number of carbonyl (C=O) groups is 1. The average Bonchev–Trinajstić information content (AvgIpc) is 2.33. The summed E-state index contributed by atoms with van der Waals surface area (Å²) in [7, 11) is 0. The van der Waals surface area contributed by atoms with Crippen LogP contribution in [0.2, 0.25) is 0 Å². The lowest BCUT2D eigenvalue weighted by Crippen LogP contribution is -2.46. The summed E-state index contributed by atoms with van der Waals surface area (Å²) in [6.45, 7) is 13.7. The predicted molar refractivity (Wildman–Crippen MR) is 87.5 cm³/mol. The van der Waals surface area contributed by atoms with Crippen molar-refractivity contribution >= 4 is 6.09 Å². The molecule has 0 aromatic carbocycles. The Labute approximate surface area is 130 Å². The molecular weight excluding hydrogens is 264 g/mol. The van der Waals surface area contributed by atoms with Gasteiger partial charge < -0.3 is 15.0 Å². The first kappa shape index (κ1) is 18.3. The summed E-state index contributed by atoms with van der Waals surface area (Å²) < 4.78 is 5.48. The number of ether oxygens (including phenoxy) is 1. The second kappa shape index (κ2) is 8.02. The molecule has 4 heteroatoms. The first-order valence-corrected chi connectivity index (χ1v) is 8.43. The molecule has 0 bridgehead atoms. The van der Waals surface area contributed by atoms with E-state index in [1.165, 1.54) is 25.7 Å². The quantitative estimate of drug-likeness (QED) is 0.839. The Morgan fingerprint density at radius 3 is 2.43 bits per heavy atom. The Kier molecular flexibility index (Phi) is 6.98. The third-order valence-electron chi connectivity index (χ3n) is 4.12. The minimum atomic E-state index is -0.435. The molecule has 0 radical (unpaired) electrons. The van der Waals surface area contributed by atoms with Crippen LogP contribution in [0.25, 0.3) is 0 Å². The first-order chi connectivity index (χ1) is 9.70. The van der Waals surface area contributed by atoms with Crippen LogP contribution < -0.4 is 5.32 Å². The molecule has 0 heterocycles. The first-order valence-electron chi connectivity index (χ1n) is 8.43. The van der Waals surface area contributed by atoms with Gasteiger partial charge in [0.05, 0.1) is 0 Å². The van der Waals surface area contributed by atoms with Crippen LogP contribution in [0, 0.1) is 5.92 Å². The fourth-order valence-corrected chi connectivity index (χ4v) is 2.87. The molecule has 0 aliphatic heterocycles. The minimum Gasteiger partial charge on any atom is -0.444 e. The van der Waals surface area contributed by atoms with E-state index < -0.39 is 5.60 Å². The summed E-state index contributed by atoms with van der Waals surface area (Å²) in [5.41, 5.74) is -0.435. The number of hydrogen-bond acceptors (Lipinski definition) is 3. The molecule has 1 N–H and O–H groups in total. The number of carbonyl (C=O) groups excluding carboxylic acids is 1. The van der Waals surface area contributed by atoms with Gasteiger partial charge in [-0.05, 0) is 53.4 Å². The third-order valence-corrected chi connectivity index (χ3v) is 4.12. The van der Waals surface area contributed by atoms with Crippen molar-refractivity contribution in [2.45, 2.75) is 84.9 Å². The summed E-state index contributed by atoms with van der Waals surface area (Å²) in [6.07, 6.45) is 5.04. The average molecular weight is 298 g/mol. The zero-order valence-electron chi connectivity index (χ0n) is 14.7. The van der Waals surface area contributed by atoms with Crippen LogP contribution in [0.1, 0.15) is 67.2 Å². The zero-order chi connectivity index (χ0) is 16.0. The van der Waals surface area contributed by atoms with Crippen molar-refractivity contribution in [2.75, 3.05) is 13.1 Å². The normalized spacial score (nSPS) is 23.2. The highest BCUT2D eigenvalue weighted by Gasteiger charge is 2.25. The van der Waals surface area contributed by atoms with Gasteiger partial charge in [-0.25, -0.2) is 4.79 Å². The highest BCUT2D eigenvalue weighted by Crippen LogP contribution is 2.23. The van der Waals surface area contributed by atoms with E-state index >= 15 is 0 Å². The van der Waals surface area contributed by atoms with Crippen LogP contribution in [0.15, 0.2) is 0 Å². The second-order valence-corrected chi connectivity index (χ2v) is 7.59. The maximum atomic E-state index is 12.2. The SMILES string of the molecule is CC1CCCCC1NCCN(C(=O)OC(C)(C)C)C(C)C. The molecule has 124 valence electrons. The van der Waals surface area contributed by atoms with Gasteiger partial charge >= 0.3 is 6.09 Å². The lowest BCUT2D eigenvalue weighted by atomic mass is 9.86. The van der Waals surface area contributed by atoms with Gasteiger partial charge in [0.1, 0.15) is 5.60 Å². The fourth-order valence-electron chi connectivity index (χ4n) is 2.87. The second-order valence-electron chi connectivity index (χ2n) is 7.59. The lowest BCUT2D eigenvalue weighted by molar-refractivity contribution is 0.0190. The van der Waals surface area contributed by atoms with Gasteiger partial charge in [0.15, 0.2) is 0 Å². The van der Waals surface area contributed by atoms with Crippen LogP contribution in [0.4, 0.5) is 4.79 Å². The minimum absolute atomic E-state index is 0.158. The van der Waals surface area contributed by atoms with Gasteiger partial charge in [-0.3, -0.25) is 0 Å². The molecule has 1 fully saturated rings. The van der Waals surface area contributed by atoms with Crippen molar-refractivity contribution in [2.24, 2.45) is 5.92 Å². The largest absolute Gasteiger partial charge is 0.444 e. The molecule has 21 heavy (non-hydrogen) atoms. The van der Waals surface area contributed by atoms with Crippen LogP contribution in [0.3, 0.4) is 0 Å². The smallest absolute Gasteiger partial charge is 0.410 e. The van der Waals surface area contributed by atoms with E-state index in [1.54, 1.807) is 0 Å². The Morgan fingerprint density at radius 1 is 1.29 bits per heavy atom. The molecule has 0 aromatic rings. The molecule has 4 nitrogen and oxygen atoms in total. The van der Waals surface area contributed by atoms with E-state index in [-0.39, 0.29) is 12.1 Å². The summed E-state index contributed by atoms with van der Waals surface area (Å²) in [4.78, 5) is 14.0. The monoisotopic (exact) mass is 298 g/mol. The Bertz CT molecular complexity index is 323. The van der Waals surface area contributed by atoms with Crippen LogP contribution in [-0.4, -0.2) is 41.8 Å². The molecule has 0 saturated heterocycles. The Balaban J connectivity index is 2.42. The topological polar surface area (TPSA) is 41.6 Å². The molecule has 1 amide bonds. The van der Waals surface area contributed by atoms with E-state index in [4.69, 9.17) is 4.74 Å². The molecule has 2 unspecified atom stereocenters. The van der Waals surface area contributed by atoms with E-state index in [0.29, 0.717) is 12.6 Å². The number of rotatable bonds is 5. The number of nitrogens with zero attached hydrogens (tertiary/aromatic N) is 1. The number of hydrogen-bond donors (Lipinski definition) is 1. The maximum absolute atomic E-state index is 12.2. The highest BCUT2D eigenvalue weighted by molar-refractivity contribution is 5.68. The molecule has 0 aromatic heterocycles. The summed E-state index contributed by atoms with van der Waals surface area (Å²) in [5.74, 6) is 0.743. The van der Waals surface area contributed by atoms with Crippen molar-refractivity contribution in [3.63, 3.8) is 0 Å². The molecule has 1 saturated carbocycles. The van der Waals surface area contributed by atoms with E-state index in [9.17, 15) is 4.79 Å². The van der Waals surface area contributed by atoms with Gasteiger partial charge in [0, 0.05) is 25.2 Å². The Hall–Kier alpha value is -0.770. The molecule has 1 rings (SSSR count). The van der Waals surface area contributed by atoms with Crippen LogP contribution in [-0.2, 0) is 4.74 Å². The van der Waals surface area contributed by atoms with E-state index in [1.807, 2.05) is 39.5 Å². The molecule has 1 aliphatic carbocycles. The fraction of sp³-hybridized carbons (Fsp3) is 0.941. The number of nitrogens with one attached hydrogen (secondary N) is 1. The zero-order valence-corrected chi connectivity index (χ0v) is 14.7. The van der Waals surface area contributed by atoms with Gasteiger partial charge in [-0.15, -0.1) is 0 Å². The Morgan fingerprint density at radius 2 is 1.90 bits per heavy atom. The van der Waals surface area contributed by atoms with Crippen molar-refractivity contribution in [3.8, 4) is 0 Å². The molecule has 1 aliphatic rings. The van der Waals surface area contributed by atoms with Gasteiger partial charge in [0.2, 0.25) is 0 Å². The van der Waals surface area contributed by atoms with Gasteiger partial charge in [0.25, 0.3) is 0 Å². The van der Waals surface area contributed by atoms with Crippen molar-refractivity contribution in [1.82, 2.24) is 10.2 Å². The molecule has 0 spiro atoms. The third kappa shape index (κ3) is 6.68. The summed E-state index contributed by atoms with van der Waals surface area (Å²) in [6, 6.07) is 0.761. The standard InChI is InChI=1S/C17H34N2O2/c1-13(2)19(16(20)21-17(4,5)6)12-11-18-15-10-8-7-9-14(15)3/h13-15,18H,7-12H2,1-6H3. The highest BCUT2D eigenvalue weighted by atomic mass is 16.6. The van der Waals surface area contributed by atoms with E-state index in [0.717, 1.165) is 12.5 Å². The summed E-state index contributed by atoms with van der Waals surface area (Å²) in [5, 5.41) is 3.62. The van der Waals surface area contributed by atoms with Crippen molar-refractivity contribution in [3.05, 3.63) is 0 Å². The maximum Gasteiger partial charge on any atom is 0.410 e. The summed E-state index contributed by atoms with van der Waals surface area (Å²) >= 11 is 0. The molecule has 2 atom stereocenters. The van der Waals surface area contributed by atoms with Crippen LogP contribution >= 0.6 is 0 Å². The van der Waals surface area contributed by atoms with Gasteiger partial charge in [-0.1, -0.05) is 19.8 Å². The number of amides is 1. The molecular formula is C17H34N2O2.